The van der Waals surface area contributed by atoms with E-state index in [4.69, 9.17) is 0 Å². The molecule has 0 aliphatic carbocycles. The largest absolute Gasteiger partial charge is 0.311 e. The van der Waals surface area contributed by atoms with Gasteiger partial charge in [-0.05, 0) is 80.4 Å². The molecule has 52 heavy (non-hydrogen) atoms. The number of nitrogens with zero attached hydrogens (tertiary/aromatic N) is 1. The average Bonchev–Trinajstić information content (AvgIpc) is 3.22. The highest BCUT2D eigenvalue weighted by molar-refractivity contribution is 8.00. The summed E-state index contributed by atoms with van der Waals surface area (Å²) in [6.07, 6.45) is 0. The summed E-state index contributed by atoms with van der Waals surface area (Å²) >= 11 is 1.93. The van der Waals surface area contributed by atoms with Crippen molar-refractivity contribution in [1.82, 2.24) is 0 Å². The normalized spacial score (nSPS) is 13.8. The van der Waals surface area contributed by atoms with E-state index in [0.29, 0.717) is 0 Å². The quantitative estimate of drug-likeness (QED) is 0.170. The molecule has 8 aromatic carbocycles. The molecular formula is C48H34NSSi2. The minimum Gasteiger partial charge on any atom is -0.311 e. The van der Waals surface area contributed by atoms with Crippen molar-refractivity contribution in [2.24, 2.45) is 0 Å². The lowest BCUT2D eigenvalue weighted by Crippen LogP contribution is -2.87. The van der Waals surface area contributed by atoms with E-state index in [2.05, 4.69) is 211 Å². The van der Waals surface area contributed by atoms with Crippen molar-refractivity contribution in [3.8, 4) is 11.1 Å². The van der Waals surface area contributed by atoms with Crippen molar-refractivity contribution in [2.75, 3.05) is 4.90 Å². The number of hydrogen-bond acceptors (Lipinski definition) is 2. The van der Waals surface area contributed by atoms with Crippen LogP contribution in [0.1, 0.15) is 0 Å². The van der Waals surface area contributed by atoms with E-state index in [1.54, 1.807) is 0 Å². The molecule has 245 valence electrons. The summed E-state index contributed by atoms with van der Waals surface area (Å²) in [6.45, 7) is 0. The van der Waals surface area contributed by atoms with Crippen molar-refractivity contribution >= 4 is 82.0 Å². The molecule has 2 aliphatic rings. The van der Waals surface area contributed by atoms with Gasteiger partial charge in [0.2, 0.25) is 0 Å². The Labute approximate surface area is 312 Å². The number of hydrogen-bond donors (Lipinski definition) is 0. The summed E-state index contributed by atoms with van der Waals surface area (Å²) in [7, 11) is -4.09. The lowest BCUT2D eigenvalue weighted by atomic mass is 10.0. The van der Waals surface area contributed by atoms with E-state index in [-0.39, 0.29) is 0 Å². The Morgan fingerprint density at radius 3 is 1.52 bits per heavy atom. The van der Waals surface area contributed by atoms with Crippen LogP contribution in [0.4, 0.5) is 17.1 Å². The number of fused-ring (bicyclic) bond motifs is 8. The van der Waals surface area contributed by atoms with Gasteiger partial charge >= 0.3 is 0 Å². The Kier molecular flexibility index (Phi) is 7.68. The minimum absolute atomic E-state index is 1.14. The molecule has 0 atom stereocenters. The molecule has 1 spiro atoms. The molecule has 1 nitrogen and oxygen atoms in total. The summed E-state index contributed by atoms with van der Waals surface area (Å²) in [5.41, 5.74) is 5.92. The van der Waals surface area contributed by atoms with Gasteiger partial charge in [-0.15, -0.1) is 0 Å². The minimum atomic E-state index is -2.78. The van der Waals surface area contributed by atoms with Crippen molar-refractivity contribution in [1.29, 1.82) is 0 Å². The molecule has 4 heteroatoms. The topological polar surface area (TPSA) is 3.24 Å². The van der Waals surface area contributed by atoms with Crippen molar-refractivity contribution in [3.05, 3.63) is 206 Å². The monoisotopic (exact) mass is 712 g/mol. The average molecular weight is 713 g/mol. The van der Waals surface area contributed by atoms with Gasteiger partial charge < -0.3 is 4.90 Å². The first-order valence-electron chi connectivity index (χ1n) is 17.9. The van der Waals surface area contributed by atoms with Gasteiger partial charge in [-0.25, -0.2) is 0 Å². The SMILES string of the molecule is c1ccc(-c2ccc(N(c3ccccc3)c3ccc4c(c3)[Si]3(c5ccccc5Sc5ccccc53)c3ccccc3[Si]4c3ccccc3)cc2)cc1. The highest BCUT2D eigenvalue weighted by Gasteiger charge is 2.53. The highest BCUT2D eigenvalue weighted by Crippen LogP contribution is 2.37. The molecule has 0 aromatic heterocycles. The third-order valence-electron chi connectivity index (χ3n) is 10.6. The fourth-order valence-corrected chi connectivity index (χ4v) is 20.1. The van der Waals surface area contributed by atoms with Crippen molar-refractivity contribution in [3.63, 3.8) is 0 Å². The summed E-state index contributed by atoms with van der Waals surface area (Å²) < 4.78 is 0. The summed E-state index contributed by atoms with van der Waals surface area (Å²) in [5, 5.41) is 10.5. The molecule has 0 unspecified atom stereocenters. The predicted molar refractivity (Wildman–Crippen MR) is 225 cm³/mol. The number of rotatable bonds is 5. The Bertz CT molecular complexity index is 2510. The van der Waals surface area contributed by atoms with Gasteiger partial charge in [0, 0.05) is 26.9 Å². The fraction of sp³-hybridized carbons (Fsp3) is 0. The molecule has 2 aliphatic heterocycles. The number of anilines is 3. The molecule has 1 radical (unpaired) electrons. The fourth-order valence-electron chi connectivity index (χ4n) is 8.47. The molecule has 2 heterocycles. The van der Waals surface area contributed by atoms with Gasteiger partial charge in [0.15, 0.2) is 16.9 Å². The maximum Gasteiger partial charge on any atom is 0.181 e. The maximum atomic E-state index is 2.59. The maximum absolute atomic E-state index is 2.78. The van der Waals surface area contributed by atoms with Crippen LogP contribution in [0.25, 0.3) is 11.1 Å². The summed E-state index contributed by atoms with van der Waals surface area (Å²) in [5.74, 6) is 0. The second-order valence-electron chi connectivity index (χ2n) is 13.4. The van der Waals surface area contributed by atoms with E-state index < -0.39 is 16.9 Å². The van der Waals surface area contributed by atoms with Crippen LogP contribution in [0.5, 0.6) is 0 Å². The van der Waals surface area contributed by atoms with Gasteiger partial charge in [-0.2, -0.15) is 0 Å². The molecule has 0 amide bonds. The van der Waals surface area contributed by atoms with Gasteiger partial charge in [-0.3, -0.25) is 0 Å². The standard InChI is InChI=1S/C48H34NSSi2/c1-4-16-35(17-5-1)36-28-30-38(31-29-36)49(37-18-6-2-7-19-37)39-32-33-44-48(34-39)52(45-25-13-10-22-41(45)50-42-23-11-14-26-46(42)52)47-27-15-12-24-43(47)51(44)40-20-8-3-9-21-40/h1-34H. The Morgan fingerprint density at radius 2 is 0.846 bits per heavy atom. The summed E-state index contributed by atoms with van der Waals surface area (Å²) in [4.78, 5) is 5.21. The van der Waals surface area contributed by atoms with E-state index in [9.17, 15) is 0 Å². The molecule has 0 saturated carbocycles. The van der Waals surface area contributed by atoms with Crippen LogP contribution in [0, 0.1) is 0 Å². The first-order chi connectivity index (χ1) is 25.8. The highest BCUT2D eigenvalue weighted by atomic mass is 32.2. The van der Waals surface area contributed by atoms with Crippen LogP contribution < -0.4 is 41.2 Å². The smallest absolute Gasteiger partial charge is 0.181 e. The van der Waals surface area contributed by atoms with E-state index in [1.165, 1.54) is 62.9 Å². The molecular weight excluding hydrogens is 679 g/mol. The lowest BCUT2D eigenvalue weighted by molar-refractivity contribution is 1.29. The van der Waals surface area contributed by atoms with E-state index in [0.717, 1.165) is 11.4 Å². The van der Waals surface area contributed by atoms with Gasteiger partial charge in [0.05, 0.1) is 0 Å². The van der Waals surface area contributed by atoms with Crippen LogP contribution in [0.15, 0.2) is 216 Å². The molecule has 8 aromatic rings. The second kappa shape index (κ2) is 12.8. The Hall–Kier alpha value is -5.66. The van der Waals surface area contributed by atoms with Crippen molar-refractivity contribution < 1.29 is 0 Å². The lowest BCUT2D eigenvalue weighted by Gasteiger charge is -2.46. The van der Waals surface area contributed by atoms with E-state index in [1.807, 2.05) is 11.8 Å². The van der Waals surface area contributed by atoms with Gasteiger partial charge in [0.25, 0.3) is 0 Å². The Balaban J connectivity index is 1.27. The van der Waals surface area contributed by atoms with E-state index >= 15 is 0 Å². The first-order valence-corrected chi connectivity index (χ1v) is 22.2. The molecule has 0 saturated heterocycles. The van der Waals surface area contributed by atoms with Crippen LogP contribution in [0.3, 0.4) is 0 Å². The molecule has 10 rings (SSSR count). The molecule has 0 N–H and O–H groups in total. The van der Waals surface area contributed by atoms with Crippen LogP contribution >= 0.6 is 11.8 Å². The van der Waals surface area contributed by atoms with Gasteiger partial charge in [-0.1, -0.05) is 185 Å². The number of para-hydroxylation sites is 1. The number of benzene rings is 8. The van der Waals surface area contributed by atoms with Crippen molar-refractivity contribution in [2.45, 2.75) is 9.79 Å². The predicted octanol–water partition coefficient (Wildman–Crippen LogP) is 7.50. The van der Waals surface area contributed by atoms with Crippen LogP contribution in [-0.4, -0.2) is 16.9 Å². The molecule has 0 bridgehead atoms. The zero-order valence-electron chi connectivity index (χ0n) is 28.5. The zero-order valence-corrected chi connectivity index (χ0v) is 31.3. The van der Waals surface area contributed by atoms with Crippen LogP contribution in [-0.2, 0) is 0 Å². The van der Waals surface area contributed by atoms with Crippen LogP contribution in [0.2, 0.25) is 0 Å². The van der Waals surface area contributed by atoms with Gasteiger partial charge in [0.1, 0.15) is 0 Å². The second-order valence-corrected chi connectivity index (χ2v) is 20.6. The third-order valence-corrected chi connectivity index (χ3v) is 20.5. The molecule has 0 fully saturated rings. The summed E-state index contributed by atoms with van der Waals surface area (Å²) in [6, 6.07) is 77.3. The Morgan fingerprint density at radius 1 is 0.365 bits per heavy atom. The third kappa shape index (κ3) is 4.90. The zero-order chi connectivity index (χ0) is 34.5. The first kappa shape index (κ1) is 31.1.